The van der Waals surface area contributed by atoms with Crippen molar-refractivity contribution in [2.45, 2.75) is 13.0 Å². The summed E-state index contributed by atoms with van der Waals surface area (Å²) in [5, 5.41) is 19.4. The molecule has 0 aliphatic heterocycles. The van der Waals surface area contributed by atoms with Gasteiger partial charge in [0.15, 0.2) is 6.29 Å². The highest BCUT2D eigenvalue weighted by Crippen LogP contribution is 2.35. The van der Waals surface area contributed by atoms with E-state index in [2.05, 4.69) is 4.74 Å². The zero-order valence-corrected chi connectivity index (χ0v) is 9.21. The number of nitro groups is 1. The van der Waals surface area contributed by atoms with Crippen molar-refractivity contribution in [1.29, 1.82) is 0 Å². The highest BCUT2D eigenvalue weighted by Gasteiger charge is 2.27. The van der Waals surface area contributed by atoms with E-state index in [1.807, 2.05) is 0 Å². The molecule has 1 rings (SSSR count). The summed E-state index contributed by atoms with van der Waals surface area (Å²) in [7, 11) is 0. The van der Waals surface area contributed by atoms with Gasteiger partial charge in [-0.3, -0.25) is 19.7 Å². The molecule has 0 saturated heterocycles. The summed E-state index contributed by atoms with van der Waals surface area (Å²) in [6, 6.07) is 1.99. The number of nitrogens with zero attached hydrogens (tertiary/aromatic N) is 1. The van der Waals surface area contributed by atoms with Crippen LogP contribution in [0.5, 0.6) is 5.75 Å². The molecule has 0 bridgehead atoms. The molecule has 0 atom stereocenters. The molecule has 0 aromatic heterocycles. The van der Waals surface area contributed by atoms with Crippen molar-refractivity contribution in [2.75, 3.05) is 0 Å². The molecule has 7 nitrogen and oxygen atoms in total. The van der Waals surface area contributed by atoms with Crippen molar-refractivity contribution in [1.82, 2.24) is 0 Å². The number of carboxylic acids is 1. The topological polar surface area (TPSA) is 107 Å². The first kappa shape index (κ1) is 14.5. The Labute approximate surface area is 104 Å². The van der Waals surface area contributed by atoms with Crippen molar-refractivity contribution in [3.63, 3.8) is 0 Å². The lowest BCUT2D eigenvalue weighted by Gasteiger charge is -2.10. The second-order valence-corrected chi connectivity index (χ2v) is 3.32. The Bertz CT molecular complexity index is 531. The number of rotatable bonds is 6. The lowest BCUT2D eigenvalue weighted by Crippen LogP contribution is -2.10. The van der Waals surface area contributed by atoms with Crippen LogP contribution in [0.15, 0.2) is 12.1 Å². The van der Waals surface area contributed by atoms with E-state index in [0.717, 1.165) is 12.1 Å². The number of aldehydes is 1. The Morgan fingerprint density at radius 2 is 2.16 bits per heavy atom. The van der Waals surface area contributed by atoms with Crippen LogP contribution in [0.3, 0.4) is 0 Å². The number of hydrogen-bond donors (Lipinski definition) is 1. The molecule has 0 heterocycles. The maximum atomic E-state index is 12.2. The third-order valence-electron chi connectivity index (χ3n) is 2.10. The zero-order chi connectivity index (χ0) is 14.6. The smallest absolute Gasteiger partial charge is 0.387 e. The van der Waals surface area contributed by atoms with Crippen LogP contribution in [0.25, 0.3) is 0 Å². The summed E-state index contributed by atoms with van der Waals surface area (Å²) in [5.41, 5.74) is -1.74. The van der Waals surface area contributed by atoms with E-state index in [4.69, 9.17) is 5.11 Å². The Morgan fingerprint density at radius 3 is 2.58 bits per heavy atom. The predicted octanol–water partition coefficient (Wildman–Crippen LogP) is 1.64. The Morgan fingerprint density at radius 1 is 1.53 bits per heavy atom. The fourth-order valence-corrected chi connectivity index (χ4v) is 1.44. The van der Waals surface area contributed by atoms with Crippen LogP contribution in [0.2, 0.25) is 0 Å². The fourth-order valence-electron chi connectivity index (χ4n) is 1.44. The van der Waals surface area contributed by atoms with Gasteiger partial charge in [-0.1, -0.05) is 6.07 Å². The van der Waals surface area contributed by atoms with E-state index in [-0.39, 0.29) is 11.8 Å². The number of benzene rings is 1. The van der Waals surface area contributed by atoms with Gasteiger partial charge in [0.2, 0.25) is 5.75 Å². The van der Waals surface area contributed by atoms with Gasteiger partial charge in [-0.2, -0.15) is 8.78 Å². The van der Waals surface area contributed by atoms with Crippen molar-refractivity contribution < 1.29 is 33.1 Å². The third-order valence-corrected chi connectivity index (χ3v) is 2.10. The van der Waals surface area contributed by atoms with E-state index >= 15 is 0 Å². The van der Waals surface area contributed by atoms with Crippen LogP contribution in [0, 0.1) is 10.1 Å². The molecule has 0 spiro atoms. The molecule has 0 unspecified atom stereocenters. The summed E-state index contributed by atoms with van der Waals surface area (Å²) >= 11 is 0. The minimum absolute atomic E-state index is 0.106. The zero-order valence-electron chi connectivity index (χ0n) is 9.21. The quantitative estimate of drug-likeness (QED) is 0.480. The minimum Gasteiger partial charge on any atom is -0.481 e. The van der Waals surface area contributed by atoms with Gasteiger partial charge in [-0.25, -0.2) is 0 Å². The molecule has 1 aromatic rings. The maximum Gasteiger partial charge on any atom is 0.387 e. The van der Waals surface area contributed by atoms with Crippen molar-refractivity contribution in [2.24, 2.45) is 0 Å². The summed E-state index contributed by atoms with van der Waals surface area (Å²) in [5.74, 6) is -2.32. The first-order valence-electron chi connectivity index (χ1n) is 4.78. The first-order valence-corrected chi connectivity index (χ1v) is 4.78. The van der Waals surface area contributed by atoms with Crippen LogP contribution in [-0.4, -0.2) is 28.9 Å². The maximum absolute atomic E-state index is 12.2. The summed E-state index contributed by atoms with van der Waals surface area (Å²) in [4.78, 5) is 31.0. The van der Waals surface area contributed by atoms with Gasteiger partial charge in [-0.15, -0.1) is 0 Å². The number of aliphatic carboxylic acids is 1. The SMILES string of the molecule is O=Cc1ccc(CC(=O)O)c([N+](=O)[O-])c1OC(F)F. The molecule has 0 amide bonds. The lowest BCUT2D eigenvalue weighted by molar-refractivity contribution is -0.387. The number of carbonyl (C=O) groups excluding carboxylic acids is 1. The molecule has 1 N–H and O–H groups in total. The fraction of sp³-hybridized carbons (Fsp3) is 0.200. The highest BCUT2D eigenvalue weighted by molar-refractivity contribution is 5.84. The standard InChI is InChI=1S/C10H7F2NO6/c11-10(12)19-9-6(4-14)2-1-5(3-7(15)16)8(9)13(17)18/h1-2,4,10H,3H2,(H,15,16). The van der Waals surface area contributed by atoms with Gasteiger partial charge in [0.05, 0.1) is 16.9 Å². The second kappa shape index (κ2) is 5.85. The third kappa shape index (κ3) is 3.44. The molecule has 0 aliphatic rings. The number of carboxylic acid groups (broad SMARTS) is 1. The average molecular weight is 275 g/mol. The Hall–Kier alpha value is -2.58. The van der Waals surface area contributed by atoms with E-state index < -0.39 is 40.9 Å². The minimum atomic E-state index is -3.38. The molecule has 1 aromatic carbocycles. The van der Waals surface area contributed by atoms with Gasteiger partial charge in [0.1, 0.15) is 0 Å². The molecule has 0 radical (unpaired) electrons. The van der Waals surface area contributed by atoms with Gasteiger partial charge in [0.25, 0.3) is 0 Å². The van der Waals surface area contributed by atoms with Gasteiger partial charge < -0.3 is 9.84 Å². The molecule has 0 fully saturated rings. The molecular formula is C10H7F2NO6. The number of ether oxygens (including phenoxy) is 1. The molecular weight excluding hydrogens is 268 g/mol. The van der Waals surface area contributed by atoms with Crippen molar-refractivity contribution in [3.05, 3.63) is 33.4 Å². The van der Waals surface area contributed by atoms with Crippen LogP contribution >= 0.6 is 0 Å². The van der Waals surface area contributed by atoms with E-state index in [1.54, 1.807) is 0 Å². The lowest BCUT2D eigenvalue weighted by atomic mass is 10.1. The summed E-state index contributed by atoms with van der Waals surface area (Å²) in [6.07, 6.45) is -0.649. The number of nitro benzene ring substituents is 1. The van der Waals surface area contributed by atoms with E-state index in [9.17, 15) is 28.5 Å². The van der Waals surface area contributed by atoms with Crippen molar-refractivity contribution in [3.8, 4) is 5.75 Å². The van der Waals surface area contributed by atoms with Crippen molar-refractivity contribution >= 4 is 17.9 Å². The average Bonchev–Trinajstić information content (AvgIpc) is 2.27. The molecule has 102 valence electrons. The highest BCUT2D eigenvalue weighted by atomic mass is 19.3. The molecule has 9 heteroatoms. The normalized spacial score (nSPS) is 10.3. The Kier molecular flexibility index (Phi) is 4.46. The predicted molar refractivity (Wildman–Crippen MR) is 56.5 cm³/mol. The summed E-state index contributed by atoms with van der Waals surface area (Å²) < 4.78 is 28.3. The van der Waals surface area contributed by atoms with Gasteiger partial charge in [-0.05, 0) is 6.07 Å². The number of carbonyl (C=O) groups is 2. The molecule has 0 aliphatic carbocycles. The largest absolute Gasteiger partial charge is 0.481 e. The molecule has 19 heavy (non-hydrogen) atoms. The monoisotopic (exact) mass is 275 g/mol. The van der Waals surface area contributed by atoms with Crippen LogP contribution in [-0.2, 0) is 11.2 Å². The number of alkyl halides is 2. The van der Waals surface area contributed by atoms with Crippen LogP contribution in [0.4, 0.5) is 14.5 Å². The first-order chi connectivity index (χ1) is 8.86. The Balaban J connectivity index is 3.47. The van der Waals surface area contributed by atoms with Crippen LogP contribution < -0.4 is 4.74 Å². The summed E-state index contributed by atoms with van der Waals surface area (Å²) in [6.45, 7) is -3.38. The second-order valence-electron chi connectivity index (χ2n) is 3.32. The van der Waals surface area contributed by atoms with Gasteiger partial charge in [0, 0.05) is 5.56 Å². The van der Waals surface area contributed by atoms with Crippen LogP contribution in [0.1, 0.15) is 15.9 Å². The van der Waals surface area contributed by atoms with Gasteiger partial charge >= 0.3 is 18.3 Å². The van der Waals surface area contributed by atoms with E-state index in [0.29, 0.717) is 0 Å². The van der Waals surface area contributed by atoms with E-state index in [1.165, 1.54) is 0 Å². The number of halogens is 2. The molecule has 0 saturated carbocycles. The number of hydrogen-bond acceptors (Lipinski definition) is 5.